The molecule has 0 aliphatic carbocycles. The summed E-state index contributed by atoms with van der Waals surface area (Å²) in [7, 11) is 2.11. The lowest BCUT2D eigenvalue weighted by atomic mass is 10.1. The third-order valence-electron chi connectivity index (χ3n) is 2.90. The van der Waals surface area contributed by atoms with Crippen LogP contribution >= 0.6 is 0 Å². The summed E-state index contributed by atoms with van der Waals surface area (Å²) in [5, 5.41) is 3.34. The van der Waals surface area contributed by atoms with E-state index in [1.54, 1.807) is 0 Å². The van der Waals surface area contributed by atoms with Crippen LogP contribution in [0.2, 0.25) is 0 Å². The largest absolute Gasteiger partial charge is 0.369 e. The quantitative estimate of drug-likeness (QED) is 0.819. The molecule has 0 bridgehead atoms. The van der Waals surface area contributed by atoms with E-state index in [0.29, 0.717) is 0 Å². The van der Waals surface area contributed by atoms with E-state index in [4.69, 9.17) is 0 Å². The molecular weight excluding hydrogens is 210 g/mol. The Kier molecular flexibility index (Phi) is 5.16. The van der Waals surface area contributed by atoms with Crippen LogP contribution in [0.4, 0.5) is 5.82 Å². The van der Waals surface area contributed by atoms with Gasteiger partial charge in [0.25, 0.3) is 0 Å². The fourth-order valence-corrected chi connectivity index (χ4v) is 1.61. The topological polar surface area (TPSA) is 28.2 Å². The molecule has 3 nitrogen and oxygen atoms in total. The van der Waals surface area contributed by atoms with Gasteiger partial charge < -0.3 is 10.2 Å². The molecule has 3 heteroatoms. The van der Waals surface area contributed by atoms with Gasteiger partial charge >= 0.3 is 0 Å². The second kappa shape index (κ2) is 6.40. The molecule has 0 aliphatic heterocycles. The van der Waals surface area contributed by atoms with Crippen molar-refractivity contribution in [3.05, 3.63) is 30.0 Å². The Balaban J connectivity index is 2.60. The van der Waals surface area contributed by atoms with Gasteiger partial charge in [-0.15, -0.1) is 0 Å². The Morgan fingerprint density at radius 3 is 2.82 bits per heavy atom. The minimum absolute atomic E-state index is 0.913. The first-order valence-corrected chi connectivity index (χ1v) is 6.09. The summed E-state index contributed by atoms with van der Waals surface area (Å²) in [6.45, 7) is 13.2. The molecule has 94 valence electrons. The number of allylic oxidation sites excluding steroid dienone is 1. The monoisotopic (exact) mass is 233 g/mol. The number of anilines is 1. The van der Waals surface area contributed by atoms with Gasteiger partial charge in [0.1, 0.15) is 5.82 Å². The third kappa shape index (κ3) is 4.19. The minimum atomic E-state index is 0.913. The van der Waals surface area contributed by atoms with Crippen molar-refractivity contribution in [3.63, 3.8) is 0 Å². The number of nitrogens with one attached hydrogen (secondary N) is 1. The molecule has 0 amide bonds. The zero-order valence-corrected chi connectivity index (χ0v) is 11.4. The number of pyridine rings is 1. The fraction of sp³-hybridized carbons (Fsp3) is 0.500. The van der Waals surface area contributed by atoms with E-state index in [2.05, 4.69) is 48.7 Å². The summed E-state index contributed by atoms with van der Waals surface area (Å²) in [6, 6.07) is 2.07. The van der Waals surface area contributed by atoms with E-state index in [9.17, 15) is 0 Å². The van der Waals surface area contributed by atoms with Gasteiger partial charge in [-0.05, 0) is 44.6 Å². The highest BCUT2D eigenvalue weighted by atomic mass is 15.1. The van der Waals surface area contributed by atoms with Crippen molar-refractivity contribution in [2.75, 3.05) is 32.0 Å². The number of aryl methyl sites for hydroxylation is 1. The summed E-state index contributed by atoms with van der Waals surface area (Å²) in [5.41, 5.74) is 3.44. The van der Waals surface area contributed by atoms with Gasteiger partial charge in [-0.3, -0.25) is 0 Å². The van der Waals surface area contributed by atoms with Crippen molar-refractivity contribution in [2.24, 2.45) is 0 Å². The summed E-state index contributed by atoms with van der Waals surface area (Å²) >= 11 is 0. The molecule has 17 heavy (non-hydrogen) atoms. The third-order valence-corrected chi connectivity index (χ3v) is 2.90. The first-order valence-electron chi connectivity index (χ1n) is 6.09. The molecule has 0 spiro atoms. The smallest absolute Gasteiger partial charge is 0.126 e. The molecule has 1 heterocycles. The highest BCUT2D eigenvalue weighted by Crippen LogP contribution is 2.18. The first-order chi connectivity index (χ1) is 8.04. The molecule has 0 unspecified atom stereocenters. The van der Waals surface area contributed by atoms with Gasteiger partial charge in [-0.2, -0.15) is 0 Å². The maximum atomic E-state index is 4.37. The van der Waals surface area contributed by atoms with Gasteiger partial charge in [-0.25, -0.2) is 4.98 Å². The molecule has 0 fully saturated rings. The molecule has 1 aromatic rings. The number of nitrogens with zero attached hydrogens (tertiary/aromatic N) is 2. The predicted molar refractivity (Wildman–Crippen MR) is 75.3 cm³/mol. The zero-order valence-electron chi connectivity index (χ0n) is 11.4. The second-order valence-electron chi connectivity index (χ2n) is 4.49. The maximum absolute atomic E-state index is 4.37. The Morgan fingerprint density at radius 1 is 1.53 bits per heavy atom. The molecule has 1 aromatic heterocycles. The van der Waals surface area contributed by atoms with Crippen molar-refractivity contribution in [3.8, 4) is 0 Å². The van der Waals surface area contributed by atoms with Crippen LogP contribution in [0.1, 0.15) is 25.0 Å². The molecule has 1 rings (SSSR count). The normalized spacial score (nSPS) is 10.6. The highest BCUT2D eigenvalue weighted by molar-refractivity contribution is 5.66. The Morgan fingerprint density at radius 2 is 2.24 bits per heavy atom. The Hall–Kier alpha value is -1.35. The van der Waals surface area contributed by atoms with Gasteiger partial charge in [0.2, 0.25) is 0 Å². The number of hydrogen-bond acceptors (Lipinski definition) is 3. The molecule has 0 aromatic carbocycles. The minimum Gasteiger partial charge on any atom is -0.369 e. The highest BCUT2D eigenvalue weighted by Gasteiger charge is 2.02. The first kappa shape index (κ1) is 13.7. The van der Waals surface area contributed by atoms with E-state index in [0.717, 1.165) is 31.0 Å². The lowest BCUT2D eigenvalue weighted by molar-refractivity contribution is 0.367. The average molecular weight is 233 g/mol. The van der Waals surface area contributed by atoms with Crippen molar-refractivity contribution in [2.45, 2.75) is 20.8 Å². The van der Waals surface area contributed by atoms with Crippen LogP contribution in [0.5, 0.6) is 0 Å². The molecule has 1 N–H and O–H groups in total. The van der Waals surface area contributed by atoms with Crippen molar-refractivity contribution >= 4 is 11.4 Å². The maximum Gasteiger partial charge on any atom is 0.126 e. The average Bonchev–Trinajstić information content (AvgIpc) is 2.30. The second-order valence-corrected chi connectivity index (χ2v) is 4.49. The number of likely N-dealkylation sites (N-methyl/N-ethyl adjacent to an activating group) is 1. The summed E-state index contributed by atoms with van der Waals surface area (Å²) in [5.74, 6) is 0.929. The lowest BCUT2D eigenvalue weighted by Crippen LogP contribution is -2.24. The van der Waals surface area contributed by atoms with Crippen molar-refractivity contribution in [1.29, 1.82) is 0 Å². The lowest BCUT2D eigenvalue weighted by Gasteiger charge is -2.15. The fourth-order valence-electron chi connectivity index (χ4n) is 1.61. The molecule has 0 saturated heterocycles. The summed E-state index contributed by atoms with van der Waals surface area (Å²) in [4.78, 5) is 6.64. The molecule has 0 atom stereocenters. The van der Waals surface area contributed by atoms with Gasteiger partial charge in [0, 0.05) is 19.3 Å². The van der Waals surface area contributed by atoms with E-state index >= 15 is 0 Å². The summed E-state index contributed by atoms with van der Waals surface area (Å²) < 4.78 is 0. The summed E-state index contributed by atoms with van der Waals surface area (Å²) in [6.07, 6.45) is 1.90. The van der Waals surface area contributed by atoms with Crippen LogP contribution in [-0.4, -0.2) is 36.6 Å². The SMILES string of the molecule is C=C(C)c1cc(NCCN(C)CC)ncc1C. The van der Waals surface area contributed by atoms with E-state index in [-0.39, 0.29) is 0 Å². The van der Waals surface area contributed by atoms with E-state index in [1.807, 2.05) is 13.1 Å². The number of rotatable bonds is 6. The van der Waals surface area contributed by atoms with E-state index < -0.39 is 0 Å². The standard InChI is InChI=1S/C14H23N3/c1-6-17(5)8-7-15-14-9-13(11(2)3)12(4)10-16-14/h9-10H,2,6-8H2,1,3-5H3,(H,15,16). The molecule has 0 radical (unpaired) electrons. The van der Waals surface area contributed by atoms with Crippen LogP contribution in [-0.2, 0) is 0 Å². The Labute approximate surface area is 105 Å². The van der Waals surface area contributed by atoms with Crippen LogP contribution < -0.4 is 5.32 Å². The van der Waals surface area contributed by atoms with Crippen LogP contribution in [0.3, 0.4) is 0 Å². The van der Waals surface area contributed by atoms with Gasteiger partial charge in [0.15, 0.2) is 0 Å². The van der Waals surface area contributed by atoms with Gasteiger partial charge in [-0.1, -0.05) is 19.1 Å². The zero-order chi connectivity index (χ0) is 12.8. The van der Waals surface area contributed by atoms with Crippen LogP contribution in [0.15, 0.2) is 18.8 Å². The van der Waals surface area contributed by atoms with Crippen molar-refractivity contribution in [1.82, 2.24) is 9.88 Å². The Bertz CT molecular complexity index is 385. The van der Waals surface area contributed by atoms with Crippen molar-refractivity contribution < 1.29 is 0 Å². The number of aromatic nitrogens is 1. The van der Waals surface area contributed by atoms with E-state index in [1.165, 1.54) is 11.1 Å². The van der Waals surface area contributed by atoms with Gasteiger partial charge in [0.05, 0.1) is 0 Å². The number of hydrogen-bond donors (Lipinski definition) is 1. The van der Waals surface area contributed by atoms with Crippen LogP contribution in [0.25, 0.3) is 5.57 Å². The molecule has 0 aliphatic rings. The predicted octanol–water partition coefficient (Wildman–Crippen LogP) is 2.79. The molecular formula is C14H23N3. The van der Waals surface area contributed by atoms with Crippen LogP contribution in [0, 0.1) is 6.92 Å². The molecule has 0 saturated carbocycles.